The fraction of sp³-hybridized carbons (Fsp3) is 0.391. The molecule has 0 aromatic heterocycles. The van der Waals surface area contributed by atoms with Gasteiger partial charge in [-0.05, 0) is 50.6 Å². The first kappa shape index (κ1) is 24.7. The summed E-state index contributed by atoms with van der Waals surface area (Å²) < 4.78 is 46.3. The molecule has 1 unspecified atom stereocenters. The Morgan fingerprint density at radius 2 is 1.70 bits per heavy atom. The third-order valence-corrected chi connectivity index (χ3v) is 6.94. The molecule has 1 atom stereocenters. The van der Waals surface area contributed by atoms with Gasteiger partial charge in [0.25, 0.3) is 0 Å². The fourth-order valence-electron chi connectivity index (χ4n) is 3.40. The first-order chi connectivity index (χ1) is 15.5. The maximum Gasteiger partial charge on any atom is 0.410 e. The van der Waals surface area contributed by atoms with Crippen LogP contribution in [0.2, 0.25) is 0 Å². The van der Waals surface area contributed by atoms with Gasteiger partial charge >= 0.3 is 6.09 Å². The zero-order valence-electron chi connectivity index (χ0n) is 18.8. The first-order valence-electron chi connectivity index (χ1n) is 10.5. The number of halogens is 1. The zero-order valence-corrected chi connectivity index (χ0v) is 19.6. The molecule has 33 heavy (non-hydrogen) atoms. The molecule has 1 aliphatic rings. The average Bonchev–Trinajstić information content (AvgIpc) is 2.77. The Morgan fingerprint density at radius 1 is 1.06 bits per heavy atom. The van der Waals surface area contributed by atoms with E-state index in [2.05, 4.69) is 5.32 Å². The number of hydrogen-bond acceptors (Lipinski definition) is 5. The number of sulfonamides is 1. The van der Waals surface area contributed by atoms with Gasteiger partial charge in [0.05, 0.1) is 4.90 Å². The van der Waals surface area contributed by atoms with Crippen molar-refractivity contribution in [3.05, 3.63) is 66.0 Å². The quantitative estimate of drug-likeness (QED) is 0.715. The van der Waals surface area contributed by atoms with Crippen molar-refractivity contribution >= 4 is 22.0 Å². The number of rotatable bonds is 5. The Labute approximate surface area is 193 Å². The van der Waals surface area contributed by atoms with Gasteiger partial charge < -0.3 is 15.0 Å². The first-order valence-corrected chi connectivity index (χ1v) is 12.0. The number of carbonyl (C=O) groups excluding carboxylic acids is 2. The fourth-order valence-corrected chi connectivity index (χ4v) is 4.97. The SMILES string of the molecule is CC(C)(C)OC(=O)N1CCN(S(=O)(=O)c2ccc(F)cc2)C(C(=O)NCc2ccccc2)C1. The molecule has 1 aliphatic heterocycles. The van der Waals surface area contributed by atoms with Crippen LogP contribution in [0.1, 0.15) is 26.3 Å². The third-order valence-electron chi connectivity index (χ3n) is 5.02. The minimum atomic E-state index is -4.11. The summed E-state index contributed by atoms with van der Waals surface area (Å²) in [5.74, 6) is -1.11. The van der Waals surface area contributed by atoms with Gasteiger partial charge in [-0.15, -0.1) is 0 Å². The zero-order chi connectivity index (χ0) is 24.2. The lowest BCUT2D eigenvalue weighted by molar-refractivity contribution is -0.126. The Hall–Kier alpha value is -2.98. The van der Waals surface area contributed by atoms with E-state index in [0.29, 0.717) is 0 Å². The lowest BCUT2D eigenvalue weighted by Gasteiger charge is -2.39. The summed E-state index contributed by atoms with van der Waals surface area (Å²) in [6, 6.07) is 12.4. The van der Waals surface area contributed by atoms with Gasteiger partial charge in [0, 0.05) is 26.2 Å². The number of nitrogens with one attached hydrogen (secondary N) is 1. The number of carbonyl (C=O) groups is 2. The lowest BCUT2D eigenvalue weighted by atomic mass is 10.1. The van der Waals surface area contributed by atoms with Crippen LogP contribution >= 0.6 is 0 Å². The predicted octanol–water partition coefficient (Wildman–Crippen LogP) is 2.75. The molecule has 0 aliphatic carbocycles. The summed E-state index contributed by atoms with van der Waals surface area (Å²) in [4.78, 5) is 26.9. The molecule has 8 nitrogen and oxygen atoms in total. The smallest absolute Gasteiger partial charge is 0.410 e. The standard InChI is InChI=1S/C23H28FN3O5S/c1-23(2,3)32-22(29)26-13-14-27(33(30,31)19-11-9-18(24)10-12-19)20(16-26)21(28)25-15-17-7-5-4-6-8-17/h4-12,20H,13-16H2,1-3H3,(H,25,28). The molecular formula is C23H28FN3O5S. The van der Waals surface area contributed by atoms with Gasteiger partial charge in [0.1, 0.15) is 17.5 Å². The Balaban J connectivity index is 1.85. The van der Waals surface area contributed by atoms with Crippen molar-refractivity contribution in [1.29, 1.82) is 0 Å². The average molecular weight is 478 g/mol. The highest BCUT2D eigenvalue weighted by atomic mass is 32.2. The van der Waals surface area contributed by atoms with Gasteiger partial charge in [-0.1, -0.05) is 30.3 Å². The van der Waals surface area contributed by atoms with E-state index in [4.69, 9.17) is 4.74 Å². The maximum atomic E-state index is 13.3. The molecule has 3 rings (SSSR count). The summed E-state index contributed by atoms with van der Waals surface area (Å²) in [7, 11) is -4.11. The molecule has 1 N–H and O–H groups in total. The molecule has 2 amide bonds. The Morgan fingerprint density at radius 3 is 2.30 bits per heavy atom. The minimum absolute atomic E-state index is 0.0534. The van der Waals surface area contributed by atoms with Gasteiger partial charge in [-0.3, -0.25) is 4.79 Å². The summed E-state index contributed by atoms with van der Waals surface area (Å²) in [5, 5.41) is 2.76. The Kier molecular flexibility index (Phi) is 7.38. The van der Waals surface area contributed by atoms with Crippen LogP contribution in [0.15, 0.2) is 59.5 Å². The molecule has 1 heterocycles. The number of ether oxygens (including phenoxy) is 1. The number of nitrogens with zero attached hydrogens (tertiary/aromatic N) is 2. The topological polar surface area (TPSA) is 96.0 Å². The highest BCUT2D eigenvalue weighted by Crippen LogP contribution is 2.23. The Bertz CT molecular complexity index is 1090. The van der Waals surface area contributed by atoms with Crippen molar-refractivity contribution in [3.63, 3.8) is 0 Å². The highest BCUT2D eigenvalue weighted by molar-refractivity contribution is 7.89. The second-order valence-electron chi connectivity index (χ2n) is 8.72. The summed E-state index contributed by atoms with van der Waals surface area (Å²) in [6.07, 6.45) is -0.623. The van der Waals surface area contributed by atoms with Crippen molar-refractivity contribution in [1.82, 2.24) is 14.5 Å². The van der Waals surface area contributed by atoms with E-state index < -0.39 is 39.5 Å². The molecule has 0 radical (unpaired) electrons. The molecule has 2 aromatic rings. The van der Waals surface area contributed by atoms with E-state index in [0.717, 1.165) is 34.1 Å². The van der Waals surface area contributed by atoms with E-state index in [9.17, 15) is 22.4 Å². The number of benzene rings is 2. The molecule has 0 spiro atoms. The van der Waals surface area contributed by atoms with Gasteiger partial charge in [0.2, 0.25) is 15.9 Å². The third kappa shape index (κ3) is 6.29. The van der Waals surface area contributed by atoms with Crippen LogP contribution in [-0.2, 0) is 26.1 Å². The van der Waals surface area contributed by atoms with Crippen molar-refractivity contribution < 1.29 is 27.1 Å². The molecular weight excluding hydrogens is 449 g/mol. The maximum absolute atomic E-state index is 13.3. The molecule has 2 aromatic carbocycles. The minimum Gasteiger partial charge on any atom is -0.444 e. The summed E-state index contributed by atoms with van der Waals surface area (Å²) in [5.41, 5.74) is 0.109. The van der Waals surface area contributed by atoms with Crippen LogP contribution in [-0.4, -0.2) is 60.9 Å². The van der Waals surface area contributed by atoms with Crippen LogP contribution in [0.5, 0.6) is 0 Å². The predicted molar refractivity (Wildman–Crippen MR) is 120 cm³/mol. The summed E-state index contributed by atoms with van der Waals surface area (Å²) >= 11 is 0. The normalized spacial score (nSPS) is 17.5. The molecule has 0 saturated carbocycles. The number of hydrogen-bond donors (Lipinski definition) is 1. The van der Waals surface area contributed by atoms with Crippen LogP contribution in [0.3, 0.4) is 0 Å². The molecule has 1 fully saturated rings. The molecule has 178 valence electrons. The van der Waals surface area contributed by atoms with E-state index in [1.807, 2.05) is 30.3 Å². The van der Waals surface area contributed by atoms with Crippen LogP contribution in [0, 0.1) is 5.82 Å². The number of piperazine rings is 1. The summed E-state index contributed by atoms with van der Waals surface area (Å²) in [6.45, 7) is 5.15. The van der Waals surface area contributed by atoms with Crippen LogP contribution in [0.4, 0.5) is 9.18 Å². The van der Waals surface area contributed by atoms with Gasteiger partial charge in [0.15, 0.2) is 0 Å². The second kappa shape index (κ2) is 9.88. The monoisotopic (exact) mass is 477 g/mol. The highest BCUT2D eigenvalue weighted by Gasteiger charge is 2.42. The van der Waals surface area contributed by atoms with E-state index >= 15 is 0 Å². The van der Waals surface area contributed by atoms with Crippen molar-refractivity contribution in [2.45, 2.75) is 43.9 Å². The largest absolute Gasteiger partial charge is 0.444 e. The van der Waals surface area contributed by atoms with Crippen molar-refractivity contribution in [2.24, 2.45) is 0 Å². The number of amides is 2. The van der Waals surface area contributed by atoms with Crippen LogP contribution < -0.4 is 5.32 Å². The molecule has 10 heteroatoms. The molecule has 1 saturated heterocycles. The van der Waals surface area contributed by atoms with E-state index in [1.165, 1.54) is 4.90 Å². The van der Waals surface area contributed by atoms with E-state index in [1.54, 1.807) is 20.8 Å². The van der Waals surface area contributed by atoms with Crippen molar-refractivity contribution in [3.8, 4) is 0 Å². The molecule has 0 bridgehead atoms. The van der Waals surface area contributed by atoms with Gasteiger partial charge in [-0.25, -0.2) is 17.6 Å². The second-order valence-corrected chi connectivity index (χ2v) is 10.6. The van der Waals surface area contributed by atoms with Crippen LogP contribution in [0.25, 0.3) is 0 Å². The van der Waals surface area contributed by atoms with E-state index in [-0.39, 0.29) is 31.1 Å². The lowest BCUT2D eigenvalue weighted by Crippen LogP contribution is -2.61. The van der Waals surface area contributed by atoms with Gasteiger partial charge in [-0.2, -0.15) is 4.31 Å². The van der Waals surface area contributed by atoms with Crippen molar-refractivity contribution in [2.75, 3.05) is 19.6 Å².